The molecule has 0 aromatic heterocycles. The van der Waals surface area contributed by atoms with Crippen LogP contribution < -0.4 is 0 Å². The first-order chi connectivity index (χ1) is 10.8. The van der Waals surface area contributed by atoms with Gasteiger partial charge in [0.1, 0.15) is 0 Å². The van der Waals surface area contributed by atoms with Gasteiger partial charge >= 0.3 is 6.18 Å². The van der Waals surface area contributed by atoms with E-state index in [0.29, 0.717) is 12.1 Å². The topological polar surface area (TPSA) is 20.3 Å². The normalized spacial score (nSPS) is 18.7. The zero-order chi connectivity index (χ0) is 17.2. The van der Waals surface area contributed by atoms with Crippen LogP contribution >= 0.6 is 0 Å². The van der Waals surface area contributed by atoms with E-state index < -0.39 is 11.7 Å². The van der Waals surface area contributed by atoms with Gasteiger partial charge in [0, 0.05) is 19.0 Å². The average molecular weight is 327 g/mol. The molecule has 0 saturated heterocycles. The largest absolute Gasteiger partial charge is 0.416 e. The highest BCUT2D eigenvalue weighted by Gasteiger charge is 2.33. The van der Waals surface area contributed by atoms with Crippen LogP contribution in [-0.2, 0) is 17.5 Å². The molecule has 1 unspecified atom stereocenters. The lowest BCUT2D eigenvalue weighted by Gasteiger charge is -2.25. The van der Waals surface area contributed by atoms with Crippen molar-refractivity contribution in [1.82, 2.24) is 4.90 Å². The Morgan fingerprint density at radius 1 is 1.30 bits per heavy atom. The summed E-state index contributed by atoms with van der Waals surface area (Å²) in [5.74, 6) is 0.178. The number of halogens is 3. The third-order valence-electron chi connectivity index (χ3n) is 4.84. The van der Waals surface area contributed by atoms with E-state index >= 15 is 0 Å². The fourth-order valence-corrected chi connectivity index (χ4v) is 3.27. The van der Waals surface area contributed by atoms with Crippen molar-refractivity contribution in [3.8, 4) is 0 Å². The Morgan fingerprint density at radius 2 is 1.96 bits per heavy atom. The van der Waals surface area contributed by atoms with Crippen LogP contribution in [0.4, 0.5) is 13.2 Å². The number of benzene rings is 1. The van der Waals surface area contributed by atoms with Gasteiger partial charge in [0.05, 0.1) is 5.56 Å². The van der Waals surface area contributed by atoms with Crippen LogP contribution in [0.1, 0.15) is 62.6 Å². The summed E-state index contributed by atoms with van der Waals surface area (Å²) in [6.07, 6.45) is -2.05. The molecule has 1 heterocycles. The van der Waals surface area contributed by atoms with Gasteiger partial charge in [-0.2, -0.15) is 13.2 Å². The molecule has 1 aromatic carbocycles. The van der Waals surface area contributed by atoms with Crippen LogP contribution in [0.15, 0.2) is 18.2 Å². The number of rotatable bonds is 3. The van der Waals surface area contributed by atoms with Gasteiger partial charge in [-0.05, 0) is 48.4 Å². The standard InChI is InChI=1S/C18H24F3NO/c1-4-13(5-2)17(23)22-9-8-12(3)16-7-6-15(18(19,20)21)10-14(16)11-22/h6-7,10,12-13H,4-5,8-9,11H2,1-3H3. The zero-order valence-electron chi connectivity index (χ0n) is 13.9. The lowest BCUT2D eigenvalue weighted by molar-refractivity contribution is -0.137. The molecule has 1 aromatic rings. The second-order valence-corrected chi connectivity index (χ2v) is 6.37. The third-order valence-corrected chi connectivity index (χ3v) is 4.84. The molecule has 128 valence electrons. The molecule has 23 heavy (non-hydrogen) atoms. The predicted octanol–water partition coefficient (Wildman–Crippen LogP) is 4.98. The van der Waals surface area contributed by atoms with Crippen molar-refractivity contribution in [3.63, 3.8) is 0 Å². The Bertz CT molecular complexity index is 564. The van der Waals surface area contributed by atoms with Crippen molar-refractivity contribution in [2.45, 2.75) is 58.7 Å². The minimum absolute atomic E-state index is 0.0438. The summed E-state index contributed by atoms with van der Waals surface area (Å²) in [5.41, 5.74) is 0.919. The van der Waals surface area contributed by atoms with Gasteiger partial charge in [0.25, 0.3) is 0 Å². The molecular formula is C18H24F3NO. The van der Waals surface area contributed by atoms with Crippen LogP contribution in [0.5, 0.6) is 0 Å². The summed E-state index contributed by atoms with van der Waals surface area (Å²) in [4.78, 5) is 14.4. The number of fused-ring (bicyclic) bond motifs is 1. The second-order valence-electron chi connectivity index (χ2n) is 6.37. The van der Waals surface area contributed by atoms with Crippen molar-refractivity contribution in [2.24, 2.45) is 5.92 Å². The van der Waals surface area contributed by atoms with Gasteiger partial charge in [-0.15, -0.1) is 0 Å². The molecule has 0 fully saturated rings. The van der Waals surface area contributed by atoms with Crippen molar-refractivity contribution in [3.05, 3.63) is 34.9 Å². The minimum atomic E-state index is -4.35. The van der Waals surface area contributed by atoms with Crippen LogP contribution in [0.2, 0.25) is 0 Å². The first-order valence-corrected chi connectivity index (χ1v) is 8.26. The van der Waals surface area contributed by atoms with Crippen molar-refractivity contribution in [2.75, 3.05) is 6.54 Å². The maximum Gasteiger partial charge on any atom is 0.416 e. The van der Waals surface area contributed by atoms with Gasteiger partial charge in [-0.3, -0.25) is 4.79 Å². The Labute approximate surface area is 135 Å². The molecule has 1 amide bonds. The molecule has 0 N–H and O–H groups in total. The average Bonchev–Trinajstić information content (AvgIpc) is 2.66. The molecule has 0 bridgehead atoms. The summed E-state index contributed by atoms with van der Waals surface area (Å²) in [7, 11) is 0. The van der Waals surface area contributed by atoms with Crippen LogP contribution in [-0.4, -0.2) is 17.4 Å². The number of nitrogens with zero attached hydrogens (tertiary/aromatic N) is 1. The quantitative estimate of drug-likeness (QED) is 0.767. The number of hydrogen-bond acceptors (Lipinski definition) is 1. The Hall–Kier alpha value is -1.52. The number of hydrogen-bond donors (Lipinski definition) is 0. The minimum Gasteiger partial charge on any atom is -0.338 e. The molecule has 1 aliphatic heterocycles. The Balaban J connectivity index is 2.34. The maximum absolute atomic E-state index is 13.0. The first-order valence-electron chi connectivity index (χ1n) is 8.26. The third kappa shape index (κ3) is 3.88. The Morgan fingerprint density at radius 3 is 2.52 bits per heavy atom. The van der Waals surface area contributed by atoms with Gasteiger partial charge in [-0.25, -0.2) is 0 Å². The van der Waals surface area contributed by atoms with Crippen molar-refractivity contribution < 1.29 is 18.0 Å². The lowest BCUT2D eigenvalue weighted by atomic mass is 9.93. The predicted molar refractivity (Wildman–Crippen MR) is 84.0 cm³/mol. The summed E-state index contributed by atoms with van der Waals surface area (Å²) in [5, 5.41) is 0. The lowest BCUT2D eigenvalue weighted by Crippen LogP contribution is -2.35. The monoisotopic (exact) mass is 327 g/mol. The van der Waals surface area contributed by atoms with E-state index in [9.17, 15) is 18.0 Å². The molecule has 1 aliphatic rings. The SMILES string of the molecule is CCC(CC)C(=O)N1CCC(C)c2ccc(C(F)(F)F)cc2C1. The highest BCUT2D eigenvalue weighted by molar-refractivity contribution is 5.79. The highest BCUT2D eigenvalue weighted by Crippen LogP contribution is 2.35. The van der Waals surface area contributed by atoms with E-state index in [4.69, 9.17) is 0 Å². The Kier molecular flexibility index (Phi) is 5.37. The van der Waals surface area contributed by atoms with Crippen molar-refractivity contribution in [1.29, 1.82) is 0 Å². The first kappa shape index (κ1) is 17.8. The van der Waals surface area contributed by atoms with E-state index in [1.54, 1.807) is 11.0 Å². The zero-order valence-corrected chi connectivity index (χ0v) is 13.9. The number of amides is 1. The molecule has 5 heteroatoms. The van der Waals surface area contributed by atoms with Crippen LogP contribution in [0.25, 0.3) is 0 Å². The molecule has 2 nitrogen and oxygen atoms in total. The second kappa shape index (κ2) is 6.93. The maximum atomic E-state index is 13.0. The molecule has 0 saturated carbocycles. The van der Waals surface area contributed by atoms with Crippen molar-refractivity contribution >= 4 is 5.91 Å². The van der Waals surface area contributed by atoms with Gasteiger partial charge in [-0.1, -0.05) is 26.8 Å². The van der Waals surface area contributed by atoms with Crippen LogP contribution in [0.3, 0.4) is 0 Å². The van der Waals surface area contributed by atoms with Gasteiger partial charge in [0.2, 0.25) is 5.91 Å². The van der Waals surface area contributed by atoms with E-state index in [0.717, 1.165) is 30.9 Å². The number of alkyl halides is 3. The molecule has 2 rings (SSSR count). The number of carbonyl (C=O) groups is 1. The summed E-state index contributed by atoms with van der Waals surface area (Å²) in [6, 6.07) is 3.94. The summed E-state index contributed by atoms with van der Waals surface area (Å²) in [6.45, 7) is 6.84. The molecule has 1 atom stereocenters. The van der Waals surface area contributed by atoms with Gasteiger partial charge in [0.15, 0.2) is 0 Å². The highest BCUT2D eigenvalue weighted by atomic mass is 19.4. The molecular weight excluding hydrogens is 303 g/mol. The van der Waals surface area contributed by atoms with E-state index in [1.165, 1.54) is 6.07 Å². The van der Waals surface area contributed by atoms with Gasteiger partial charge < -0.3 is 4.90 Å². The molecule has 0 aliphatic carbocycles. The smallest absolute Gasteiger partial charge is 0.338 e. The van der Waals surface area contributed by atoms with Crippen LogP contribution in [0, 0.1) is 5.92 Å². The molecule has 0 spiro atoms. The fourth-order valence-electron chi connectivity index (χ4n) is 3.27. The summed E-state index contributed by atoms with van der Waals surface area (Å²) < 4.78 is 38.9. The van der Waals surface area contributed by atoms with E-state index in [2.05, 4.69) is 0 Å². The number of carbonyl (C=O) groups excluding carboxylic acids is 1. The summed E-state index contributed by atoms with van der Waals surface area (Å²) >= 11 is 0. The van der Waals surface area contributed by atoms with E-state index in [-0.39, 0.29) is 24.3 Å². The fraction of sp³-hybridized carbons (Fsp3) is 0.611. The molecule has 0 radical (unpaired) electrons. The van der Waals surface area contributed by atoms with E-state index in [1.807, 2.05) is 20.8 Å².